The molecule has 0 saturated heterocycles. The van der Waals surface area contributed by atoms with Gasteiger partial charge in [0.05, 0.1) is 5.69 Å². The van der Waals surface area contributed by atoms with Crippen LogP contribution in [0.2, 0.25) is 0 Å². The van der Waals surface area contributed by atoms with Crippen LogP contribution in [0.3, 0.4) is 0 Å². The van der Waals surface area contributed by atoms with Crippen molar-refractivity contribution < 1.29 is 17.7 Å². The van der Waals surface area contributed by atoms with Crippen molar-refractivity contribution >= 4 is 5.69 Å². The van der Waals surface area contributed by atoms with E-state index in [1.165, 1.54) is 0 Å². The lowest BCUT2D eigenvalue weighted by atomic mass is 9.94. The van der Waals surface area contributed by atoms with E-state index in [0.29, 0.717) is 12.0 Å². The molecular weight excluding hydrogens is 257 g/mol. The highest BCUT2D eigenvalue weighted by atomic mass is 19.4. The zero-order chi connectivity index (χ0) is 14.0. The molecule has 2 rings (SSSR count). The number of halogens is 3. The second kappa shape index (κ2) is 4.95. The molecule has 0 unspecified atom stereocenters. The number of hydrogen-bond donors (Lipinski definition) is 1. The number of hydrogen-bond acceptors (Lipinski definition) is 3. The standard InChI is InChI=1S/C13H13F3N2O/c1-8(9-3-2-4-10(17)6-9)5-12-11(7-19-18-12)13(14,15)16/h2-4,6-8H,5,17H2,1H3/t8-/m1/s1. The first-order valence-corrected chi connectivity index (χ1v) is 5.74. The predicted octanol–water partition coefficient (Wildman–Crippen LogP) is 3.62. The van der Waals surface area contributed by atoms with Crippen LogP contribution in [0.1, 0.15) is 29.7 Å². The topological polar surface area (TPSA) is 52.0 Å². The minimum absolute atomic E-state index is 0.0811. The lowest BCUT2D eigenvalue weighted by molar-refractivity contribution is -0.138. The maximum Gasteiger partial charge on any atom is 0.421 e. The SMILES string of the molecule is C[C@H](Cc1nocc1C(F)(F)F)c1cccc(N)c1. The van der Waals surface area contributed by atoms with Crippen LogP contribution in [0.15, 0.2) is 35.1 Å². The fourth-order valence-electron chi connectivity index (χ4n) is 1.91. The van der Waals surface area contributed by atoms with Gasteiger partial charge in [-0.05, 0) is 23.6 Å². The Labute approximate surface area is 108 Å². The molecule has 0 bridgehead atoms. The zero-order valence-corrected chi connectivity index (χ0v) is 10.2. The molecule has 1 atom stereocenters. The van der Waals surface area contributed by atoms with E-state index in [9.17, 15) is 13.2 Å². The first kappa shape index (κ1) is 13.5. The highest BCUT2D eigenvalue weighted by molar-refractivity contribution is 5.42. The number of aromatic nitrogens is 1. The van der Waals surface area contributed by atoms with Crippen LogP contribution in [0.25, 0.3) is 0 Å². The number of nitrogens with two attached hydrogens (primary N) is 1. The van der Waals surface area contributed by atoms with Gasteiger partial charge in [0.25, 0.3) is 0 Å². The van der Waals surface area contributed by atoms with Crippen molar-refractivity contribution in [1.82, 2.24) is 5.16 Å². The molecule has 0 radical (unpaired) electrons. The van der Waals surface area contributed by atoms with E-state index in [2.05, 4.69) is 9.68 Å². The molecule has 1 aromatic heterocycles. The third-order valence-corrected chi connectivity index (χ3v) is 2.93. The van der Waals surface area contributed by atoms with E-state index in [0.717, 1.165) is 5.56 Å². The molecule has 0 aliphatic heterocycles. The van der Waals surface area contributed by atoms with E-state index in [1.54, 1.807) is 18.2 Å². The average molecular weight is 270 g/mol. The number of anilines is 1. The summed E-state index contributed by atoms with van der Waals surface area (Å²) in [5.74, 6) is -0.130. The summed E-state index contributed by atoms with van der Waals surface area (Å²) >= 11 is 0. The summed E-state index contributed by atoms with van der Waals surface area (Å²) in [6, 6.07) is 7.08. The highest BCUT2D eigenvalue weighted by Gasteiger charge is 2.36. The number of nitrogen functional groups attached to an aromatic ring is 1. The summed E-state index contributed by atoms with van der Waals surface area (Å²) in [5.41, 5.74) is 6.21. The Morgan fingerprint density at radius 3 is 2.74 bits per heavy atom. The first-order chi connectivity index (χ1) is 8.88. The van der Waals surface area contributed by atoms with Crippen molar-refractivity contribution in [3.8, 4) is 0 Å². The summed E-state index contributed by atoms with van der Waals surface area (Å²) in [5, 5.41) is 3.44. The second-order valence-corrected chi connectivity index (χ2v) is 4.45. The van der Waals surface area contributed by atoms with Crippen molar-refractivity contribution in [3.05, 3.63) is 47.3 Å². The summed E-state index contributed by atoms with van der Waals surface area (Å²) in [4.78, 5) is 0. The molecule has 1 aromatic carbocycles. The molecule has 0 amide bonds. The molecule has 0 fully saturated rings. The maximum atomic E-state index is 12.7. The van der Waals surface area contributed by atoms with Crippen LogP contribution < -0.4 is 5.73 Å². The molecule has 1 heterocycles. The second-order valence-electron chi connectivity index (χ2n) is 4.45. The van der Waals surface area contributed by atoms with Gasteiger partial charge in [0.1, 0.15) is 11.8 Å². The minimum Gasteiger partial charge on any atom is -0.399 e. The van der Waals surface area contributed by atoms with Crippen molar-refractivity contribution in [2.45, 2.75) is 25.4 Å². The normalized spacial score (nSPS) is 13.5. The average Bonchev–Trinajstić information content (AvgIpc) is 2.77. The molecule has 2 N–H and O–H groups in total. The number of rotatable bonds is 3. The summed E-state index contributed by atoms with van der Waals surface area (Å²) in [6.07, 6.45) is -3.65. The van der Waals surface area contributed by atoms with Gasteiger partial charge in [-0.25, -0.2) is 0 Å². The molecule has 6 heteroatoms. The van der Waals surface area contributed by atoms with Crippen LogP contribution in [-0.4, -0.2) is 5.16 Å². The molecule has 0 aliphatic rings. The fourth-order valence-corrected chi connectivity index (χ4v) is 1.91. The van der Waals surface area contributed by atoms with Gasteiger partial charge in [0.15, 0.2) is 0 Å². The van der Waals surface area contributed by atoms with E-state index in [-0.39, 0.29) is 18.0 Å². The predicted molar refractivity (Wildman–Crippen MR) is 64.5 cm³/mol. The van der Waals surface area contributed by atoms with Gasteiger partial charge < -0.3 is 10.3 Å². The van der Waals surface area contributed by atoms with Gasteiger partial charge in [-0.1, -0.05) is 24.2 Å². The number of nitrogens with zero attached hydrogens (tertiary/aromatic N) is 1. The smallest absolute Gasteiger partial charge is 0.399 e. The van der Waals surface area contributed by atoms with E-state index in [1.807, 2.05) is 13.0 Å². The van der Waals surface area contributed by atoms with Gasteiger partial charge in [-0.2, -0.15) is 13.2 Å². The Balaban J connectivity index is 2.20. The zero-order valence-electron chi connectivity index (χ0n) is 10.2. The maximum absolute atomic E-state index is 12.7. The molecule has 0 aliphatic carbocycles. The van der Waals surface area contributed by atoms with Gasteiger partial charge >= 0.3 is 6.18 Å². The highest BCUT2D eigenvalue weighted by Crippen LogP contribution is 2.33. The Hall–Kier alpha value is -1.98. The molecule has 2 aromatic rings. The van der Waals surface area contributed by atoms with Crippen LogP contribution in [0.4, 0.5) is 18.9 Å². The van der Waals surface area contributed by atoms with E-state index >= 15 is 0 Å². The Bertz CT molecular complexity index is 563. The van der Waals surface area contributed by atoms with Crippen LogP contribution in [0, 0.1) is 0 Å². The number of alkyl halides is 3. The summed E-state index contributed by atoms with van der Waals surface area (Å²) in [6.45, 7) is 1.82. The number of benzene rings is 1. The molecule has 0 spiro atoms. The van der Waals surface area contributed by atoms with E-state index < -0.39 is 11.7 Å². The molecule has 19 heavy (non-hydrogen) atoms. The van der Waals surface area contributed by atoms with Crippen LogP contribution in [0.5, 0.6) is 0 Å². The summed E-state index contributed by atoms with van der Waals surface area (Å²) in [7, 11) is 0. The third kappa shape index (κ3) is 3.07. The van der Waals surface area contributed by atoms with E-state index in [4.69, 9.17) is 5.73 Å². The monoisotopic (exact) mass is 270 g/mol. The lowest BCUT2D eigenvalue weighted by Crippen LogP contribution is -2.09. The van der Waals surface area contributed by atoms with Crippen molar-refractivity contribution in [1.29, 1.82) is 0 Å². The minimum atomic E-state index is -4.44. The quantitative estimate of drug-likeness (QED) is 0.866. The van der Waals surface area contributed by atoms with Gasteiger partial charge in [0.2, 0.25) is 0 Å². The Kier molecular flexibility index (Phi) is 3.50. The van der Waals surface area contributed by atoms with Gasteiger partial charge in [-0.15, -0.1) is 0 Å². The van der Waals surface area contributed by atoms with Crippen molar-refractivity contribution in [2.75, 3.05) is 5.73 Å². The fraction of sp³-hybridized carbons (Fsp3) is 0.308. The first-order valence-electron chi connectivity index (χ1n) is 5.74. The molecular formula is C13H13F3N2O. The van der Waals surface area contributed by atoms with Gasteiger partial charge in [0, 0.05) is 12.1 Å². The van der Waals surface area contributed by atoms with Gasteiger partial charge in [-0.3, -0.25) is 0 Å². The van der Waals surface area contributed by atoms with Crippen molar-refractivity contribution in [2.24, 2.45) is 0 Å². The van der Waals surface area contributed by atoms with Crippen LogP contribution in [-0.2, 0) is 12.6 Å². The lowest BCUT2D eigenvalue weighted by Gasteiger charge is -2.12. The molecule has 0 saturated carbocycles. The molecule has 3 nitrogen and oxygen atoms in total. The largest absolute Gasteiger partial charge is 0.421 e. The molecule has 102 valence electrons. The Morgan fingerprint density at radius 1 is 1.37 bits per heavy atom. The Morgan fingerprint density at radius 2 is 2.11 bits per heavy atom. The van der Waals surface area contributed by atoms with Crippen molar-refractivity contribution in [3.63, 3.8) is 0 Å². The summed E-state index contributed by atoms with van der Waals surface area (Å²) < 4.78 is 42.5. The van der Waals surface area contributed by atoms with Crippen LogP contribution >= 0.6 is 0 Å². The third-order valence-electron chi connectivity index (χ3n) is 2.93.